The number of imide groups is 1. The summed E-state index contributed by atoms with van der Waals surface area (Å²) in [5, 5.41) is 9.44. The predicted octanol–water partition coefficient (Wildman–Crippen LogP) is 1.77. The van der Waals surface area contributed by atoms with Gasteiger partial charge in [0.2, 0.25) is 0 Å². The first-order valence-electron chi connectivity index (χ1n) is 5.66. The van der Waals surface area contributed by atoms with E-state index in [-0.39, 0.29) is 22.6 Å². The van der Waals surface area contributed by atoms with Crippen LogP contribution in [0.3, 0.4) is 0 Å². The number of carbonyl (C=O) groups is 2. The summed E-state index contributed by atoms with van der Waals surface area (Å²) in [6, 6.07) is 10.7. The van der Waals surface area contributed by atoms with E-state index in [0.717, 1.165) is 4.90 Å². The molecule has 0 unspecified atom stereocenters. The molecule has 94 valence electrons. The summed E-state index contributed by atoms with van der Waals surface area (Å²) in [6.45, 7) is 0. The predicted molar refractivity (Wildman–Crippen MR) is 70.1 cm³/mol. The van der Waals surface area contributed by atoms with Crippen LogP contribution in [-0.2, 0) is 0 Å². The number of nitrogens with zero attached hydrogens (tertiary/aromatic N) is 1. The zero-order valence-corrected chi connectivity index (χ0v) is 9.83. The molecule has 0 aromatic heterocycles. The van der Waals surface area contributed by atoms with Crippen LogP contribution in [0.15, 0.2) is 42.5 Å². The second-order valence-electron chi connectivity index (χ2n) is 4.24. The molecule has 2 aromatic rings. The zero-order valence-electron chi connectivity index (χ0n) is 9.83. The molecule has 1 aliphatic rings. The third-order valence-corrected chi connectivity index (χ3v) is 3.04. The molecule has 0 radical (unpaired) electrons. The summed E-state index contributed by atoms with van der Waals surface area (Å²) in [6.07, 6.45) is 0. The Kier molecular flexibility index (Phi) is 2.28. The number of rotatable bonds is 1. The van der Waals surface area contributed by atoms with Crippen LogP contribution in [0.4, 0.5) is 11.4 Å². The van der Waals surface area contributed by atoms with Crippen molar-refractivity contribution >= 4 is 23.2 Å². The lowest BCUT2D eigenvalue weighted by Crippen LogP contribution is -2.29. The lowest BCUT2D eigenvalue weighted by Gasteiger charge is -2.13. The topological polar surface area (TPSA) is 83.6 Å². The van der Waals surface area contributed by atoms with Crippen LogP contribution in [0.5, 0.6) is 5.75 Å². The SMILES string of the molecule is Nc1cccc2c1C(=O)N(c1cccc(O)c1)C2=O. The maximum atomic E-state index is 12.3. The first kappa shape index (κ1) is 11.3. The second kappa shape index (κ2) is 3.84. The van der Waals surface area contributed by atoms with Gasteiger partial charge in [0.25, 0.3) is 11.8 Å². The number of phenolic OH excluding ortho intramolecular Hbond substituents is 1. The van der Waals surface area contributed by atoms with Gasteiger partial charge in [-0.25, -0.2) is 4.90 Å². The lowest BCUT2D eigenvalue weighted by molar-refractivity contribution is 0.0926. The molecule has 0 saturated carbocycles. The van der Waals surface area contributed by atoms with E-state index in [2.05, 4.69) is 0 Å². The molecular formula is C14H10N2O3. The molecule has 0 saturated heterocycles. The molecule has 5 heteroatoms. The average Bonchev–Trinajstić information content (AvgIpc) is 2.63. The highest BCUT2D eigenvalue weighted by molar-refractivity contribution is 6.35. The normalized spacial score (nSPS) is 13.8. The first-order valence-corrected chi connectivity index (χ1v) is 5.66. The van der Waals surface area contributed by atoms with E-state index in [0.29, 0.717) is 5.69 Å². The van der Waals surface area contributed by atoms with Gasteiger partial charge in [0.1, 0.15) is 5.75 Å². The number of anilines is 2. The Morgan fingerprint density at radius 1 is 1.00 bits per heavy atom. The maximum absolute atomic E-state index is 12.3. The number of hydrogen-bond donors (Lipinski definition) is 2. The fraction of sp³-hybridized carbons (Fsp3) is 0. The maximum Gasteiger partial charge on any atom is 0.268 e. The van der Waals surface area contributed by atoms with Crippen molar-refractivity contribution < 1.29 is 14.7 Å². The van der Waals surface area contributed by atoms with E-state index in [9.17, 15) is 14.7 Å². The van der Waals surface area contributed by atoms with Gasteiger partial charge in [-0.15, -0.1) is 0 Å². The highest BCUT2D eigenvalue weighted by Crippen LogP contribution is 2.32. The zero-order chi connectivity index (χ0) is 13.6. The fourth-order valence-electron chi connectivity index (χ4n) is 2.18. The Morgan fingerprint density at radius 3 is 2.42 bits per heavy atom. The molecule has 0 spiro atoms. The molecule has 5 nitrogen and oxygen atoms in total. The van der Waals surface area contributed by atoms with Crippen molar-refractivity contribution in [1.82, 2.24) is 0 Å². The number of benzene rings is 2. The Hall–Kier alpha value is -2.82. The molecule has 0 aliphatic carbocycles. The quantitative estimate of drug-likeness (QED) is 0.600. The molecule has 2 amide bonds. The lowest BCUT2D eigenvalue weighted by atomic mass is 10.1. The molecule has 1 aliphatic heterocycles. The highest BCUT2D eigenvalue weighted by atomic mass is 16.3. The van der Waals surface area contributed by atoms with Gasteiger partial charge in [-0.05, 0) is 24.3 Å². The molecule has 3 rings (SSSR count). The highest BCUT2D eigenvalue weighted by Gasteiger charge is 2.38. The van der Waals surface area contributed by atoms with Crippen molar-refractivity contribution in [3.63, 3.8) is 0 Å². The van der Waals surface area contributed by atoms with Crippen LogP contribution in [0.25, 0.3) is 0 Å². The van der Waals surface area contributed by atoms with Gasteiger partial charge in [-0.1, -0.05) is 12.1 Å². The van der Waals surface area contributed by atoms with Crippen molar-refractivity contribution in [2.45, 2.75) is 0 Å². The second-order valence-corrected chi connectivity index (χ2v) is 4.24. The van der Waals surface area contributed by atoms with Crippen molar-refractivity contribution in [1.29, 1.82) is 0 Å². The standard InChI is InChI=1S/C14H10N2O3/c15-11-6-2-5-10-12(11)14(19)16(13(10)18)8-3-1-4-9(17)7-8/h1-7,17H,15H2. The Labute approximate surface area is 108 Å². The molecule has 0 bridgehead atoms. The number of aromatic hydroxyl groups is 1. The van der Waals surface area contributed by atoms with Crippen LogP contribution in [0.1, 0.15) is 20.7 Å². The number of hydrogen-bond acceptors (Lipinski definition) is 4. The van der Waals surface area contributed by atoms with E-state index in [1.165, 1.54) is 12.1 Å². The third kappa shape index (κ3) is 1.55. The Morgan fingerprint density at radius 2 is 1.74 bits per heavy atom. The van der Waals surface area contributed by atoms with Gasteiger partial charge in [0.15, 0.2) is 0 Å². The van der Waals surface area contributed by atoms with Crippen molar-refractivity contribution in [3.05, 3.63) is 53.6 Å². The molecular weight excluding hydrogens is 244 g/mol. The largest absolute Gasteiger partial charge is 0.508 e. The summed E-state index contributed by atoms with van der Waals surface area (Å²) >= 11 is 0. The molecule has 1 heterocycles. The van der Waals surface area contributed by atoms with Gasteiger partial charge in [0.05, 0.1) is 16.8 Å². The van der Waals surface area contributed by atoms with Crippen molar-refractivity contribution in [2.75, 3.05) is 10.6 Å². The Balaban J connectivity index is 2.16. The molecule has 3 N–H and O–H groups in total. The van der Waals surface area contributed by atoms with Crippen LogP contribution in [0, 0.1) is 0 Å². The number of nitrogen functional groups attached to an aromatic ring is 1. The average molecular weight is 254 g/mol. The summed E-state index contributed by atoms with van der Waals surface area (Å²) in [5.41, 5.74) is 6.85. The minimum atomic E-state index is -0.469. The van der Waals surface area contributed by atoms with Crippen LogP contribution in [0.2, 0.25) is 0 Å². The minimum Gasteiger partial charge on any atom is -0.508 e. The van der Waals surface area contributed by atoms with Gasteiger partial charge in [-0.3, -0.25) is 9.59 Å². The smallest absolute Gasteiger partial charge is 0.268 e. The van der Waals surface area contributed by atoms with Crippen molar-refractivity contribution in [2.24, 2.45) is 0 Å². The number of phenols is 1. The van der Waals surface area contributed by atoms with E-state index in [4.69, 9.17) is 5.73 Å². The van der Waals surface area contributed by atoms with Crippen molar-refractivity contribution in [3.8, 4) is 5.75 Å². The number of amides is 2. The number of fused-ring (bicyclic) bond motifs is 1. The summed E-state index contributed by atoms with van der Waals surface area (Å²) in [4.78, 5) is 25.5. The summed E-state index contributed by atoms with van der Waals surface area (Å²) < 4.78 is 0. The van der Waals surface area contributed by atoms with Crippen LogP contribution in [-0.4, -0.2) is 16.9 Å². The van der Waals surface area contributed by atoms with Gasteiger partial charge < -0.3 is 10.8 Å². The number of nitrogens with two attached hydrogens (primary N) is 1. The van der Waals surface area contributed by atoms with Gasteiger partial charge in [0, 0.05) is 11.8 Å². The van der Waals surface area contributed by atoms with E-state index < -0.39 is 11.8 Å². The summed E-state index contributed by atoms with van der Waals surface area (Å²) in [7, 11) is 0. The molecule has 0 fully saturated rings. The van der Waals surface area contributed by atoms with Gasteiger partial charge in [-0.2, -0.15) is 0 Å². The van der Waals surface area contributed by atoms with Crippen LogP contribution >= 0.6 is 0 Å². The third-order valence-electron chi connectivity index (χ3n) is 3.04. The molecule has 2 aromatic carbocycles. The first-order chi connectivity index (χ1) is 9.09. The molecule has 19 heavy (non-hydrogen) atoms. The summed E-state index contributed by atoms with van der Waals surface area (Å²) in [5.74, 6) is -0.913. The number of carbonyl (C=O) groups excluding carboxylic acids is 2. The molecule has 0 atom stereocenters. The van der Waals surface area contributed by atoms with E-state index >= 15 is 0 Å². The fourth-order valence-corrected chi connectivity index (χ4v) is 2.18. The van der Waals surface area contributed by atoms with E-state index in [1.54, 1.807) is 30.3 Å². The monoisotopic (exact) mass is 254 g/mol. The Bertz CT molecular complexity index is 710. The minimum absolute atomic E-state index is 0.0120. The van der Waals surface area contributed by atoms with Gasteiger partial charge >= 0.3 is 0 Å². The van der Waals surface area contributed by atoms with Crippen LogP contribution < -0.4 is 10.6 Å². The van der Waals surface area contributed by atoms with E-state index in [1.807, 2.05) is 0 Å².